The number of carbonyl (C=O) groups is 5. The van der Waals surface area contributed by atoms with Crippen LogP contribution in [0.5, 0.6) is 5.75 Å². The minimum Gasteiger partial charge on any atom is -0.507 e. The van der Waals surface area contributed by atoms with Crippen LogP contribution >= 0.6 is 0 Å². The van der Waals surface area contributed by atoms with Crippen molar-refractivity contribution >= 4 is 29.0 Å². The maximum Gasteiger partial charge on any atom is 0.235 e. The number of rotatable bonds is 5. The van der Waals surface area contributed by atoms with Gasteiger partial charge in [-0.05, 0) is 76.8 Å². The van der Waals surface area contributed by atoms with Crippen LogP contribution in [0.1, 0.15) is 28.1 Å². The van der Waals surface area contributed by atoms with Crippen LogP contribution in [0.15, 0.2) is 28.7 Å². The fourth-order valence-corrected chi connectivity index (χ4v) is 6.75. The van der Waals surface area contributed by atoms with Crippen LogP contribution in [0.3, 0.4) is 0 Å². The molecule has 2 fully saturated rings. The second-order valence-corrected chi connectivity index (χ2v) is 11.3. The number of carbonyl (C=O) groups excluding carboxylic acids is 5. The summed E-state index contributed by atoms with van der Waals surface area (Å²) in [6.45, 7) is 0.555. The normalized spacial score (nSPS) is 30.4. The highest BCUT2D eigenvalue weighted by molar-refractivity contribution is 6.32. The average molecular weight is 538 g/mol. The summed E-state index contributed by atoms with van der Waals surface area (Å²) in [5.41, 5.74) is 3.62. The van der Waals surface area contributed by atoms with E-state index in [0.717, 1.165) is 0 Å². The molecule has 0 spiro atoms. The number of nitrogens with zero attached hydrogens (tertiary/aromatic N) is 2. The molecule has 3 aliphatic carbocycles. The lowest BCUT2D eigenvalue weighted by atomic mass is 9.52. The van der Waals surface area contributed by atoms with Crippen molar-refractivity contribution < 1.29 is 38.6 Å². The van der Waals surface area contributed by atoms with Crippen LogP contribution in [0.2, 0.25) is 0 Å². The molecule has 4 N–H and O–H groups in total. The number of fused-ring (bicyclic) bond motifs is 3. The van der Waals surface area contributed by atoms with Gasteiger partial charge in [0.15, 0.2) is 34.7 Å². The van der Waals surface area contributed by atoms with Gasteiger partial charge in [-0.3, -0.25) is 28.9 Å². The molecule has 0 radical (unpaired) electrons. The quantitative estimate of drug-likeness (QED) is 0.447. The SMILES string of the molecule is CN(C)Cc1ccc(-c2ccc(O)c3c2C[C@@H]2C[C@@H]4[C@@H](N(C)C)C(=O)C(C(N)=O)C(=O)[C@]4(O)C(=O)C2C3=O)o1. The maximum absolute atomic E-state index is 13.9. The minimum atomic E-state index is -2.74. The first-order valence-electron chi connectivity index (χ1n) is 12.7. The highest BCUT2D eigenvalue weighted by atomic mass is 16.3. The predicted octanol–water partition coefficient (Wildman–Crippen LogP) is 0.189. The van der Waals surface area contributed by atoms with Gasteiger partial charge in [-0.1, -0.05) is 0 Å². The number of nitrogens with two attached hydrogens (primary N) is 1. The van der Waals surface area contributed by atoms with Gasteiger partial charge in [-0.2, -0.15) is 0 Å². The Bertz CT molecular complexity index is 1430. The largest absolute Gasteiger partial charge is 0.507 e. The fraction of sp³-hybridized carbons (Fsp3) is 0.464. The number of hydrogen-bond acceptors (Lipinski definition) is 10. The number of hydrogen-bond donors (Lipinski definition) is 3. The first-order valence-corrected chi connectivity index (χ1v) is 12.7. The van der Waals surface area contributed by atoms with E-state index in [1.54, 1.807) is 26.2 Å². The Morgan fingerprint density at radius 2 is 1.77 bits per heavy atom. The summed E-state index contributed by atoms with van der Waals surface area (Å²) in [6.07, 6.45) is 0.155. The van der Waals surface area contributed by atoms with Crippen molar-refractivity contribution in [2.75, 3.05) is 28.2 Å². The third kappa shape index (κ3) is 3.87. The van der Waals surface area contributed by atoms with Gasteiger partial charge in [-0.25, -0.2) is 0 Å². The van der Waals surface area contributed by atoms with E-state index >= 15 is 0 Å². The van der Waals surface area contributed by atoms with E-state index in [1.807, 2.05) is 25.1 Å². The summed E-state index contributed by atoms with van der Waals surface area (Å²) in [4.78, 5) is 69.7. The summed E-state index contributed by atoms with van der Waals surface area (Å²) < 4.78 is 6.01. The smallest absolute Gasteiger partial charge is 0.235 e. The molecule has 1 aromatic heterocycles. The number of aromatic hydroxyl groups is 1. The average Bonchev–Trinajstić information content (AvgIpc) is 3.28. The van der Waals surface area contributed by atoms with Crippen LogP contribution in [-0.4, -0.2) is 88.9 Å². The van der Waals surface area contributed by atoms with E-state index in [1.165, 1.54) is 11.0 Å². The van der Waals surface area contributed by atoms with Crippen molar-refractivity contribution in [2.45, 2.75) is 31.0 Å². The second kappa shape index (κ2) is 9.22. The Balaban J connectivity index is 1.62. The lowest BCUT2D eigenvalue weighted by molar-refractivity contribution is -0.181. The van der Waals surface area contributed by atoms with Gasteiger partial charge < -0.3 is 25.3 Å². The van der Waals surface area contributed by atoms with Crippen LogP contribution in [0, 0.1) is 23.7 Å². The van der Waals surface area contributed by atoms with Gasteiger partial charge in [0.2, 0.25) is 5.91 Å². The molecular weight excluding hydrogens is 506 g/mol. The van der Waals surface area contributed by atoms with Gasteiger partial charge in [0.05, 0.1) is 24.1 Å². The molecule has 2 unspecified atom stereocenters. The zero-order chi connectivity index (χ0) is 28.5. The van der Waals surface area contributed by atoms with Crippen molar-refractivity contribution in [3.05, 3.63) is 41.2 Å². The van der Waals surface area contributed by atoms with E-state index < -0.39 is 64.4 Å². The summed E-state index contributed by atoms with van der Waals surface area (Å²) in [6, 6.07) is 5.45. The van der Waals surface area contributed by atoms with Gasteiger partial charge in [-0.15, -0.1) is 0 Å². The Hall–Kier alpha value is -3.67. The Labute approximate surface area is 224 Å². The van der Waals surface area contributed by atoms with Crippen molar-refractivity contribution in [1.29, 1.82) is 0 Å². The number of likely N-dealkylation sites (N-methyl/N-ethyl adjacent to an activating group) is 1. The van der Waals surface area contributed by atoms with E-state index in [4.69, 9.17) is 10.2 Å². The molecule has 11 nitrogen and oxygen atoms in total. The van der Waals surface area contributed by atoms with Crippen LogP contribution in [-0.2, 0) is 32.1 Å². The number of phenolic OH excluding ortho intramolecular Hbond substituents is 1. The highest BCUT2D eigenvalue weighted by Gasteiger charge is 2.69. The molecule has 2 saturated carbocycles. The zero-order valence-corrected chi connectivity index (χ0v) is 22.1. The Morgan fingerprint density at radius 3 is 2.38 bits per heavy atom. The second-order valence-electron chi connectivity index (χ2n) is 11.3. The molecule has 0 saturated heterocycles. The highest BCUT2D eigenvalue weighted by Crippen LogP contribution is 2.51. The molecule has 6 atom stereocenters. The lowest BCUT2D eigenvalue weighted by Gasteiger charge is -2.52. The molecule has 1 heterocycles. The molecule has 1 amide bonds. The molecule has 39 heavy (non-hydrogen) atoms. The van der Waals surface area contributed by atoms with Crippen molar-refractivity contribution in [2.24, 2.45) is 29.4 Å². The number of furan rings is 1. The molecule has 206 valence electrons. The Kier molecular flexibility index (Phi) is 6.36. The number of aliphatic hydroxyl groups is 1. The molecule has 3 aliphatic rings. The molecule has 5 rings (SSSR count). The number of amides is 1. The third-order valence-electron chi connectivity index (χ3n) is 8.34. The number of benzene rings is 1. The van der Waals surface area contributed by atoms with Crippen LogP contribution in [0.25, 0.3) is 11.3 Å². The van der Waals surface area contributed by atoms with Gasteiger partial charge in [0.25, 0.3) is 0 Å². The molecule has 2 aromatic rings. The number of Topliss-reactive ketones (excluding diaryl/α,β-unsaturated/α-hetero) is 4. The summed E-state index contributed by atoms with van der Waals surface area (Å²) in [5.74, 6) is -9.51. The summed E-state index contributed by atoms with van der Waals surface area (Å²) in [7, 11) is 6.90. The number of ketones is 4. The van der Waals surface area contributed by atoms with Crippen molar-refractivity contribution in [3.63, 3.8) is 0 Å². The molecule has 0 aliphatic heterocycles. The van der Waals surface area contributed by atoms with E-state index in [-0.39, 0.29) is 24.2 Å². The first kappa shape index (κ1) is 26.9. The molecule has 1 aromatic carbocycles. The standard InChI is InChI=1S/C28H31N3O8/c1-30(2)11-13-5-8-18(39-13)14-6-7-17(32)20-15(14)9-12-10-16-22(31(3)4)24(34)21(27(29)37)26(36)28(16,38)25(35)19(12)23(20)33/h5-8,12,16,19,21-22,32,38H,9-11H2,1-4H3,(H2,29,37)/t12-,16-,19?,21?,22-,28-/m1/s1. The molecular formula is C28H31N3O8. The van der Waals surface area contributed by atoms with Crippen LogP contribution < -0.4 is 5.73 Å². The molecule has 11 heteroatoms. The first-order chi connectivity index (χ1) is 18.3. The number of phenols is 1. The lowest BCUT2D eigenvalue weighted by Crippen LogP contribution is -2.74. The number of primary amides is 1. The summed E-state index contributed by atoms with van der Waals surface area (Å²) in [5, 5.41) is 22.3. The van der Waals surface area contributed by atoms with Gasteiger partial charge >= 0.3 is 0 Å². The third-order valence-corrected chi connectivity index (χ3v) is 8.34. The van der Waals surface area contributed by atoms with Gasteiger partial charge in [0, 0.05) is 11.5 Å². The van der Waals surface area contributed by atoms with E-state index in [2.05, 4.69) is 0 Å². The Morgan fingerprint density at radius 1 is 1.08 bits per heavy atom. The van der Waals surface area contributed by atoms with Crippen molar-refractivity contribution in [1.82, 2.24) is 9.80 Å². The maximum atomic E-state index is 13.9. The zero-order valence-electron chi connectivity index (χ0n) is 22.1. The van der Waals surface area contributed by atoms with Crippen molar-refractivity contribution in [3.8, 4) is 17.1 Å². The van der Waals surface area contributed by atoms with Crippen LogP contribution in [0.4, 0.5) is 0 Å². The topological polar surface area (TPSA) is 171 Å². The van der Waals surface area contributed by atoms with E-state index in [0.29, 0.717) is 29.2 Å². The monoisotopic (exact) mass is 537 g/mol. The summed E-state index contributed by atoms with van der Waals surface area (Å²) >= 11 is 0. The van der Waals surface area contributed by atoms with E-state index in [9.17, 15) is 34.2 Å². The predicted molar refractivity (Wildman–Crippen MR) is 136 cm³/mol. The minimum absolute atomic E-state index is 0.0109. The molecule has 0 bridgehead atoms. The van der Waals surface area contributed by atoms with Gasteiger partial charge in [0.1, 0.15) is 17.3 Å². The fourth-order valence-electron chi connectivity index (χ4n) is 6.75.